The Morgan fingerprint density at radius 2 is 1.64 bits per heavy atom. The van der Waals surface area contributed by atoms with Gasteiger partial charge in [-0.2, -0.15) is 0 Å². The summed E-state index contributed by atoms with van der Waals surface area (Å²) in [5.41, 5.74) is 3.15. The van der Waals surface area contributed by atoms with Crippen LogP contribution in [0.2, 0.25) is 0 Å². The Bertz CT molecular complexity index is 1200. The molecular formula is C24H28N4O4S. The molecule has 0 N–H and O–H groups in total. The largest absolute Gasteiger partial charge is 0.467 e. The standard InChI is InChI=1S/C24H28N4O4S/c29-23-27(15-19-5-2-1-3-6-19)24(30)33-28(23)14-13-25-9-11-26(12-10-25)16-20-7-4-8-22-21(20)17-31-18-32-22/h1-8H,9-18H2. The fourth-order valence-electron chi connectivity index (χ4n) is 4.39. The van der Waals surface area contributed by atoms with Gasteiger partial charge in [0.25, 0.3) is 0 Å². The van der Waals surface area contributed by atoms with Crippen LogP contribution in [0.25, 0.3) is 0 Å². The molecule has 1 fully saturated rings. The monoisotopic (exact) mass is 468 g/mol. The van der Waals surface area contributed by atoms with Crippen LogP contribution in [0.3, 0.4) is 0 Å². The van der Waals surface area contributed by atoms with Crippen molar-refractivity contribution in [3.63, 3.8) is 0 Å². The number of aromatic nitrogens is 2. The van der Waals surface area contributed by atoms with Crippen molar-refractivity contribution in [2.45, 2.75) is 26.2 Å². The first-order chi connectivity index (χ1) is 16.2. The van der Waals surface area contributed by atoms with Crippen LogP contribution in [0, 0.1) is 0 Å². The molecule has 0 saturated carbocycles. The van der Waals surface area contributed by atoms with Crippen LogP contribution in [-0.4, -0.2) is 57.8 Å². The van der Waals surface area contributed by atoms with E-state index < -0.39 is 0 Å². The smallest absolute Gasteiger partial charge is 0.341 e. The van der Waals surface area contributed by atoms with Crippen molar-refractivity contribution >= 4 is 11.5 Å². The van der Waals surface area contributed by atoms with Crippen molar-refractivity contribution in [2.75, 3.05) is 39.5 Å². The topological polar surface area (TPSA) is 68.9 Å². The van der Waals surface area contributed by atoms with Crippen molar-refractivity contribution in [1.29, 1.82) is 0 Å². The number of hydrogen-bond donors (Lipinski definition) is 0. The van der Waals surface area contributed by atoms with Gasteiger partial charge in [-0.25, -0.2) is 13.3 Å². The summed E-state index contributed by atoms with van der Waals surface area (Å²) in [5.74, 6) is 0.932. The molecule has 33 heavy (non-hydrogen) atoms. The van der Waals surface area contributed by atoms with E-state index in [1.165, 1.54) is 10.1 Å². The Hall–Kier alpha value is -2.72. The number of hydrogen-bond acceptors (Lipinski definition) is 7. The molecule has 9 heteroatoms. The minimum absolute atomic E-state index is 0.201. The van der Waals surface area contributed by atoms with Crippen LogP contribution < -0.4 is 15.3 Å². The van der Waals surface area contributed by atoms with E-state index in [2.05, 4.69) is 15.9 Å². The van der Waals surface area contributed by atoms with Crippen LogP contribution in [0.4, 0.5) is 0 Å². The van der Waals surface area contributed by atoms with Gasteiger partial charge >= 0.3 is 10.6 Å². The van der Waals surface area contributed by atoms with Gasteiger partial charge in [-0.1, -0.05) is 42.5 Å². The Labute approximate surface area is 196 Å². The number of benzene rings is 2. The Balaban J connectivity index is 1.14. The maximum atomic E-state index is 12.7. The van der Waals surface area contributed by atoms with Crippen molar-refractivity contribution in [2.24, 2.45) is 0 Å². The minimum atomic E-state index is -0.217. The van der Waals surface area contributed by atoms with Crippen LogP contribution in [0.1, 0.15) is 16.7 Å². The van der Waals surface area contributed by atoms with Crippen LogP contribution in [0.15, 0.2) is 58.1 Å². The van der Waals surface area contributed by atoms with Crippen LogP contribution >= 0.6 is 11.5 Å². The zero-order valence-electron chi connectivity index (χ0n) is 18.5. The molecule has 5 rings (SSSR count). The molecule has 174 valence electrons. The van der Waals surface area contributed by atoms with Gasteiger partial charge in [0.1, 0.15) is 5.75 Å². The van der Waals surface area contributed by atoms with Gasteiger partial charge in [0, 0.05) is 56.4 Å². The lowest BCUT2D eigenvalue weighted by molar-refractivity contribution is -0.0172. The van der Waals surface area contributed by atoms with E-state index in [9.17, 15) is 9.59 Å². The zero-order valence-corrected chi connectivity index (χ0v) is 19.3. The fraction of sp³-hybridized carbons (Fsp3) is 0.417. The molecule has 1 saturated heterocycles. The van der Waals surface area contributed by atoms with Gasteiger partial charge < -0.3 is 9.47 Å². The summed E-state index contributed by atoms with van der Waals surface area (Å²) in [7, 11) is 0. The highest BCUT2D eigenvalue weighted by atomic mass is 32.1. The first kappa shape index (κ1) is 22.1. The highest BCUT2D eigenvalue weighted by Crippen LogP contribution is 2.27. The van der Waals surface area contributed by atoms with E-state index in [4.69, 9.17) is 9.47 Å². The molecule has 3 heterocycles. The van der Waals surface area contributed by atoms with Gasteiger partial charge in [-0.05, 0) is 17.2 Å². The SMILES string of the molecule is O=c1sn(CCN2CCN(Cc3cccc4c3COCO4)CC2)c(=O)n1Cc1ccccc1. The molecule has 0 radical (unpaired) electrons. The van der Waals surface area contributed by atoms with Gasteiger partial charge in [-0.3, -0.25) is 14.6 Å². The van der Waals surface area contributed by atoms with E-state index in [1.807, 2.05) is 42.5 Å². The average Bonchev–Trinajstić information content (AvgIpc) is 3.12. The molecule has 2 aliphatic heterocycles. The molecule has 0 amide bonds. The molecule has 2 aliphatic rings. The summed E-state index contributed by atoms with van der Waals surface area (Å²) in [6, 6.07) is 15.8. The summed E-state index contributed by atoms with van der Waals surface area (Å²) in [5, 5.41) is 0. The maximum Gasteiger partial charge on any atom is 0.341 e. The second-order valence-electron chi connectivity index (χ2n) is 8.44. The molecular weight excluding hydrogens is 440 g/mol. The molecule has 0 aliphatic carbocycles. The summed E-state index contributed by atoms with van der Waals surface area (Å²) >= 11 is 1.01. The average molecular weight is 469 g/mol. The Kier molecular flexibility index (Phi) is 6.73. The maximum absolute atomic E-state index is 12.7. The third-order valence-corrected chi connectivity index (χ3v) is 7.22. The van der Waals surface area contributed by atoms with Gasteiger partial charge in [0.2, 0.25) is 0 Å². The molecule has 0 bridgehead atoms. The second-order valence-corrected chi connectivity index (χ2v) is 9.41. The normalized spacial score (nSPS) is 17.0. The van der Waals surface area contributed by atoms with Gasteiger partial charge in [0.05, 0.1) is 19.7 Å². The van der Waals surface area contributed by atoms with E-state index in [1.54, 1.807) is 3.96 Å². The van der Waals surface area contributed by atoms with Crippen molar-refractivity contribution in [3.05, 3.63) is 85.4 Å². The summed E-state index contributed by atoms with van der Waals surface area (Å²) in [6.45, 7) is 7.25. The molecule has 8 nitrogen and oxygen atoms in total. The summed E-state index contributed by atoms with van der Waals surface area (Å²) in [4.78, 5) is 29.7. The highest BCUT2D eigenvalue weighted by molar-refractivity contribution is 7.03. The number of ether oxygens (including phenoxy) is 2. The first-order valence-electron chi connectivity index (χ1n) is 11.3. The third kappa shape index (κ3) is 5.11. The zero-order chi connectivity index (χ0) is 22.6. The van der Waals surface area contributed by atoms with Crippen LogP contribution in [0.5, 0.6) is 5.75 Å². The minimum Gasteiger partial charge on any atom is -0.467 e. The van der Waals surface area contributed by atoms with E-state index in [0.29, 0.717) is 26.5 Å². The lowest BCUT2D eigenvalue weighted by Gasteiger charge is -2.35. The number of fused-ring (bicyclic) bond motifs is 1. The quantitative estimate of drug-likeness (QED) is 0.527. The molecule has 0 atom stereocenters. The molecule has 0 spiro atoms. The Morgan fingerprint density at radius 3 is 2.45 bits per heavy atom. The van der Waals surface area contributed by atoms with E-state index in [-0.39, 0.29) is 10.6 Å². The van der Waals surface area contributed by atoms with E-state index >= 15 is 0 Å². The molecule has 0 unspecified atom stereocenters. The Morgan fingerprint density at radius 1 is 0.848 bits per heavy atom. The number of rotatable bonds is 7. The molecule has 1 aromatic heterocycles. The summed E-state index contributed by atoms with van der Waals surface area (Å²) < 4.78 is 14.0. The van der Waals surface area contributed by atoms with E-state index in [0.717, 1.165) is 67.7 Å². The lowest BCUT2D eigenvalue weighted by Crippen LogP contribution is -2.47. The second kappa shape index (κ2) is 10.0. The summed E-state index contributed by atoms with van der Waals surface area (Å²) in [6.07, 6.45) is 0. The predicted molar refractivity (Wildman–Crippen MR) is 127 cm³/mol. The van der Waals surface area contributed by atoms with Crippen LogP contribution in [-0.2, 0) is 31.0 Å². The third-order valence-electron chi connectivity index (χ3n) is 6.29. The highest BCUT2D eigenvalue weighted by Gasteiger charge is 2.21. The van der Waals surface area contributed by atoms with Crippen molar-refractivity contribution < 1.29 is 9.47 Å². The van der Waals surface area contributed by atoms with Crippen molar-refractivity contribution in [3.8, 4) is 5.75 Å². The number of piperazine rings is 1. The van der Waals surface area contributed by atoms with Crippen molar-refractivity contribution in [1.82, 2.24) is 18.3 Å². The first-order valence-corrected chi connectivity index (χ1v) is 12.1. The molecule has 2 aromatic carbocycles. The van der Waals surface area contributed by atoms with Gasteiger partial charge in [-0.15, -0.1) is 0 Å². The fourth-order valence-corrected chi connectivity index (χ4v) is 5.17. The molecule has 3 aromatic rings. The van der Waals surface area contributed by atoms with Gasteiger partial charge in [0.15, 0.2) is 6.79 Å². The lowest BCUT2D eigenvalue weighted by atomic mass is 10.1. The number of nitrogens with zero attached hydrogens (tertiary/aromatic N) is 4. The predicted octanol–water partition coefficient (Wildman–Crippen LogP) is 1.80.